The summed E-state index contributed by atoms with van der Waals surface area (Å²) in [6.07, 6.45) is -1.19. The normalized spacial score (nSPS) is 12.0. The molecule has 4 aromatic rings. The number of nitrogens with one attached hydrogen (secondary N) is 1. The van der Waals surface area contributed by atoms with E-state index in [2.05, 4.69) is 15.3 Å². The third-order valence-corrected chi connectivity index (χ3v) is 4.45. The smallest absolute Gasteiger partial charge is 0.337 e. The molecule has 2 aromatic heterocycles. The fourth-order valence-corrected chi connectivity index (χ4v) is 3.25. The number of benzene rings is 2. The van der Waals surface area contributed by atoms with Crippen LogP contribution in [0.15, 0.2) is 48.8 Å². The van der Waals surface area contributed by atoms with Gasteiger partial charge in [-0.1, -0.05) is 29.3 Å². The van der Waals surface area contributed by atoms with Gasteiger partial charge in [0.1, 0.15) is 0 Å². The lowest BCUT2D eigenvalue weighted by molar-refractivity contribution is -0.137. The van der Waals surface area contributed by atoms with E-state index in [1.165, 1.54) is 12.1 Å². The van der Waals surface area contributed by atoms with Crippen molar-refractivity contribution in [3.05, 3.63) is 64.4 Å². The van der Waals surface area contributed by atoms with Gasteiger partial charge in [0.25, 0.3) is 0 Å². The molecule has 0 bridgehead atoms. The van der Waals surface area contributed by atoms with E-state index in [4.69, 9.17) is 23.2 Å². The topological polar surface area (TPSA) is 42.2 Å². The predicted octanol–water partition coefficient (Wildman–Crippen LogP) is 5.95. The molecule has 4 rings (SSSR count). The fourth-order valence-electron chi connectivity index (χ4n) is 2.71. The van der Waals surface area contributed by atoms with Crippen LogP contribution in [-0.4, -0.2) is 14.4 Å². The zero-order chi connectivity index (χ0) is 18.5. The first-order valence-corrected chi connectivity index (χ1v) is 8.15. The van der Waals surface area contributed by atoms with Gasteiger partial charge in [-0.3, -0.25) is 4.40 Å². The average Bonchev–Trinajstić information content (AvgIpc) is 3.03. The third-order valence-electron chi connectivity index (χ3n) is 3.83. The summed E-state index contributed by atoms with van der Waals surface area (Å²) in [4.78, 5) is 8.74. The van der Waals surface area contributed by atoms with Gasteiger partial charge in [-0.15, -0.1) is 0 Å². The molecule has 0 amide bonds. The molecule has 0 atom stereocenters. The van der Waals surface area contributed by atoms with Gasteiger partial charge in [-0.05, 0) is 30.3 Å². The molecular weight excluding hydrogens is 388 g/mol. The molecule has 0 fully saturated rings. The maximum Gasteiger partial charge on any atom is 0.417 e. The fraction of sp³-hybridized carbons (Fsp3) is 0.0588. The van der Waals surface area contributed by atoms with Gasteiger partial charge in [-0.2, -0.15) is 13.2 Å². The van der Waals surface area contributed by atoms with Gasteiger partial charge in [0.15, 0.2) is 11.5 Å². The predicted molar refractivity (Wildman–Crippen MR) is 95.2 cm³/mol. The van der Waals surface area contributed by atoms with Crippen LogP contribution in [0.2, 0.25) is 10.0 Å². The van der Waals surface area contributed by atoms with Crippen LogP contribution in [0.1, 0.15) is 5.56 Å². The molecule has 0 aliphatic heterocycles. The van der Waals surface area contributed by atoms with Crippen LogP contribution in [0.3, 0.4) is 0 Å². The highest BCUT2D eigenvalue weighted by Gasteiger charge is 2.33. The van der Waals surface area contributed by atoms with Crippen LogP contribution in [0.4, 0.5) is 24.7 Å². The van der Waals surface area contributed by atoms with Crippen LogP contribution < -0.4 is 5.32 Å². The van der Waals surface area contributed by atoms with Crippen molar-refractivity contribution in [2.75, 3.05) is 5.32 Å². The Morgan fingerprint density at radius 2 is 1.85 bits per heavy atom. The second kappa shape index (κ2) is 6.03. The molecule has 26 heavy (non-hydrogen) atoms. The van der Waals surface area contributed by atoms with Crippen molar-refractivity contribution < 1.29 is 13.2 Å². The number of imidazole rings is 1. The zero-order valence-corrected chi connectivity index (χ0v) is 14.4. The van der Waals surface area contributed by atoms with E-state index >= 15 is 0 Å². The second-order valence-electron chi connectivity index (χ2n) is 5.51. The lowest BCUT2D eigenvalue weighted by atomic mass is 10.2. The molecule has 1 N–H and O–H groups in total. The summed E-state index contributed by atoms with van der Waals surface area (Å²) in [6.45, 7) is 0. The van der Waals surface area contributed by atoms with Crippen LogP contribution in [0, 0.1) is 0 Å². The number of para-hydroxylation sites is 1. The van der Waals surface area contributed by atoms with Crippen LogP contribution in [0.5, 0.6) is 0 Å². The largest absolute Gasteiger partial charge is 0.417 e. The number of hydrogen-bond acceptors (Lipinski definition) is 3. The Kier molecular flexibility index (Phi) is 3.93. The van der Waals surface area contributed by atoms with Gasteiger partial charge in [0.2, 0.25) is 0 Å². The Labute approximate surface area is 155 Å². The highest BCUT2D eigenvalue weighted by Crippen LogP contribution is 2.36. The van der Waals surface area contributed by atoms with Crippen LogP contribution in [-0.2, 0) is 6.18 Å². The van der Waals surface area contributed by atoms with E-state index in [1.54, 1.807) is 35.0 Å². The monoisotopic (exact) mass is 396 g/mol. The van der Waals surface area contributed by atoms with E-state index in [0.29, 0.717) is 33.2 Å². The van der Waals surface area contributed by atoms with Gasteiger partial charge in [0.05, 0.1) is 26.6 Å². The maximum absolute atomic E-state index is 12.8. The summed E-state index contributed by atoms with van der Waals surface area (Å²) in [5.74, 6) is 0.376. The van der Waals surface area contributed by atoms with Crippen molar-refractivity contribution in [1.29, 1.82) is 0 Å². The molecule has 4 nitrogen and oxygen atoms in total. The molecule has 0 saturated carbocycles. The Morgan fingerprint density at radius 1 is 1.04 bits per heavy atom. The quantitative estimate of drug-likeness (QED) is 0.455. The number of nitrogens with zero attached hydrogens (tertiary/aromatic N) is 3. The first-order valence-electron chi connectivity index (χ1n) is 7.39. The summed E-state index contributed by atoms with van der Waals surface area (Å²) in [5, 5.41) is 3.09. The molecule has 132 valence electrons. The van der Waals surface area contributed by atoms with Gasteiger partial charge in [0, 0.05) is 18.1 Å². The summed E-state index contributed by atoms with van der Waals surface area (Å²) < 4.78 is 40.3. The van der Waals surface area contributed by atoms with Crippen molar-refractivity contribution >= 4 is 51.4 Å². The Balaban J connectivity index is 1.82. The minimum absolute atomic E-state index is 0.363. The summed E-state index contributed by atoms with van der Waals surface area (Å²) in [7, 11) is 0. The van der Waals surface area contributed by atoms with Crippen molar-refractivity contribution in [3.63, 3.8) is 0 Å². The highest BCUT2D eigenvalue weighted by atomic mass is 35.5. The molecule has 0 aliphatic carbocycles. The minimum atomic E-state index is -4.51. The molecule has 0 aliphatic rings. The lowest BCUT2D eigenvalue weighted by Crippen LogP contribution is -2.06. The number of halogens is 5. The van der Waals surface area contributed by atoms with E-state index in [1.807, 2.05) is 0 Å². The number of anilines is 2. The molecule has 2 aromatic carbocycles. The summed E-state index contributed by atoms with van der Waals surface area (Å²) in [5.41, 5.74) is 1.26. The van der Waals surface area contributed by atoms with Crippen molar-refractivity contribution in [2.24, 2.45) is 0 Å². The maximum atomic E-state index is 12.8. The molecule has 0 spiro atoms. The number of alkyl halides is 3. The van der Waals surface area contributed by atoms with Gasteiger partial charge >= 0.3 is 6.18 Å². The second-order valence-corrected chi connectivity index (χ2v) is 6.32. The Bertz CT molecular complexity index is 1140. The number of rotatable bonds is 2. The van der Waals surface area contributed by atoms with Crippen molar-refractivity contribution in [2.45, 2.75) is 6.18 Å². The molecule has 0 unspecified atom stereocenters. The molecule has 0 radical (unpaired) electrons. The Morgan fingerprint density at radius 3 is 2.58 bits per heavy atom. The standard InChI is InChI=1S/C17H9Cl2F3N4/c18-11-2-1-3-13-14(11)26-7-6-23-16(26)15(25-13)24-9-4-5-10(12(19)8-9)17(20,21)22/h1-8H,(H,24,25). The van der Waals surface area contributed by atoms with Crippen LogP contribution >= 0.6 is 23.2 Å². The Hall–Kier alpha value is -2.51. The van der Waals surface area contributed by atoms with Crippen molar-refractivity contribution in [1.82, 2.24) is 14.4 Å². The van der Waals surface area contributed by atoms with E-state index in [9.17, 15) is 13.2 Å². The zero-order valence-electron chi connectivity index (χ0n) is 12.9. The third kappa shape index (κ3) is 2.83. The number of hydrogen-bond donors (Lipinski definition) is 1. The number of aromatic nitrogens is 3. The van der Waals surface area contributed by atoms with E-state index in [-0.39, 0.29) is 0 Å². The highest BCUT2D eigenvalue weighted by molar-refractivity contribution is 6.35. The molecule has 2 heterocycles. The van der Waals surface area contributed by atoms with E-state index in [0.717, 1.165) is 6.07 Å². The van der Waals surface area contributed by atoms with Crippen molar-refractivity contribution in [3.8, 4) is 0 Å². The molecule has 9 heteroatoms. The van der Waals surface area contributed by atoms with E-state index < -0.39 is 16.8 Å². The number of fused-ring (bicyclic) bond motifs is 3. The summed E-state index contributed by atoms with van der Waals surface area (Å²) >= 11 is 12.0. The summed E-state index contributed by atoms with van der Waals surface area (Å²) in [6, 6.07) is 8.70. The van der Waals surface area contributed by atoms with Gasteiger partial charge in [-0.25, -0.2) is 9.97 Å². The minimum Gasteiger partial charge on any atom is -0.337 e. The van der Waals surface area contributed by atoms with Gasteiger partial charge < -0.3 is 5.32 Å². The first-order chi connectivity index (χ1) is 12.3. The first kappa shape index (κ1) is 16.9. The average molecular weight is 397 g/mol. The molecule has 0 saturated heterocycles. The SMILES string of the molecule is FC(F)(F)c1ccc(Nc2nc3cccc(Cl)c3n3ccnc23)cc1Cl. The lowest BCUT2D eigenvalue weighted by Gasteiger charge is -2.13. The van der Waals surface area contributed by atoms with Crippen LogP contribution in [0.25, 0.3) is 16.7 Å². The molecular formula is C17H9Cl2F3N4.